The van der Waals surface area contributed by atoms with Crippen LogP contribution in [0.4, 0.5) is 5.82 Å². The zero-order chi connectivity index (χ0) is 15.4. The van der Waals surface area contributed by atoms with Gasteiger partial charge in [-0.2, -0.15) is 0 Å². The summed E-state index contributed by atoms with van der Waals surface area (Å²) >= 11 is 0. The molecule has 1 N–H and O–H groups in total. The molecule has 0 saturated carbocycles. The van der Waals surface area contributed by atoms with Crippen molar-refractivity contribution in [3.63, 3.8) is 0 Å². The Hall–Kier alpha value is -2.88. The Labute approximate surface area is 128 Å². The summed E-state index contributed by atoms with van der Waals surface area (Å²) < 4.78 is 5.55. The van der Waals surface area contributed by atoms with Gasteiger partial charge in [-0.3, -0.25) is 4.79 Å². The van der Waals surface area contributed by atoms with Crippen molar-refractivity contribution in [2.45, 2.75) is 6.92 Å². The quantitative estimate of drug-likeness (QED) is 0.800. The van der Waals surface area contributed by atoms with E-state index in [0.29, 0.717) is 11.6 Å². The molecule has 0 unspecified atom stereocenters. The van der Waals surface area contributed by atoms with Crippen LogP contribution in [-0.2, 0) is 4.79 Å². The van der Waals surface area contributed by atoms with Crippen LogP contribution in [0.25, 0.3) is 10.8 Å². The molecule has 0 atom stereocenters. The summed E-state index contributed by atoms with van der Waals surface area (Å²) in [5.74, 6) is 1.01. The number of nitrogens with one attached hydrogen (secondary N) is 1. The van der Waals surface area contributed by atoms with Crippen LogP contribution in [0.5, 0.6) is 5.75 Å². The van der Waals surface area contributed by atoms with Gasteiger partial charge in [0.2, 0.25) is 0 Å². The number of hydrogen-bond donors (Lipinski definition) is 1. The van der Waals surface area contributed by atoms with E-state index < -0.39 is 0 Å². The summed E-state index contributed by atoms with van der Waals surface area (Å²) in [5, 5.41) is 4.97. The predicted octanol–water partition coefficient (Wildman–Crippen LogP) is 3.56. The average Bonchev–Trinajstić information content (AvgIpc) is 2.55. The van der Waals surface area contributed by atoms with Crippen molar-refractivity contribution in [1.29, 1.82) is 0 Å². The highest BCUT2D eigenvalue weighted by Gasteiger charge is 2.06. The van der Waals surface area contributed by atoms with Crippen LogP contribution in [0.1, 0.15) is 5.56 Å². The smallest absolute Gasteiger partial charge is 0.263 e. The number of aromatic nitrogens is 1. The molecule has 3 rings (SSSR count). The number of carbonyl (C=O) groups excluding carboxylic acids is 1. The molecule has 110 valence electrons. The summed E-state index contributed by atoms with van der Waals surface area (Å²) in [7, 11) is 0. The van der Waals surface area contributed by atoms with Crippen molar-refractivity contribution in [3.8, 4) is 5.75 Å². The van der Waals surface area contributed by atoms with E-state index >= 15 is 0 Å². The maximum Gasteiger partial charge on any atom is 0.263 e. The lowest BCUT2D eigenvalue weighted by molar-refractivity contribution is -0.118. The molecule has 0 aliphatic carbocycles. The largest absolute Gasteiger partial charge is 0.484 e. The molecule has 4 heteroatoms. The fraction of sp³-hybridized carbons (Fsp3) is 0.111. The van der Waals surface area contributed by atoms with E-state index in [2.05, 4.69) is 10.3 Å². The predicted molar refractivity (Wildman–Crippen MR) is 87.0 cm³/mol. The number of amides is 1. The number of anilines is 1. The minimum Gasteiger partial charge on any atom is -0.484 e. The van der Waals surface area contributed by atoms with Crippen molar-refractivity contribution >= 4 is 22.5 Å². The first-order valence-corrected chi connectivity index (χ1v) is 7.05. The zero-order valence-electron chi connectivity index (χ0n) is 12.2. The third-order valence-electron chi connectivity index (χ3n) is 3.36. The first-order chi connectivity index (χ1) is 10.7. The summed E-state index contributed by atoms with van der Waals surface area (Å²) in [5.41, 5.74) is 0.918. The lowest BCUT2D eigenvalue weighted by atomic mass is 10.1. The third-order valence-corrected chi connectivity index (χ3v) is 3.36. The molecule has 0 aliphatic heterocycles. The highest BCUT2D eigenvalue weighted by atomic mass is 16.5. The maximum atomic E-state index is 11.9. The van der Waals surface area contributed by atoms with Crippen LogP contribution in [0, 0.1) is 6.92 Å². The van der Waals surface area contributed by atoms with Crippen LogP contribution < -0.4 is 10.1 Å². The SMILES string of the molecule is Cc1cccnc1NC(=O)COc1ccc2ccccc2c1. The summed E-state index contributed by atoms with van der Waals surface area (Å²) in [6, 6.07) is 17.5. The molecule has 0 radical (unpaired) electrons. The topological polar surface area (TPSA) is 51.2 Å². The lowest BCUT2D eigenvalue weighted by Gasteiger charge is -2.09. The van der Waals surface area contributed by atoms with Crippen molar-refractivity contribution < 1.29 is 9.53 Å². The lowest BCUT2D eigenvalue weighted by Crippen LogP contribution is -2.21. The monoisotopic (exact) mass is 292 g/mol. The van der Waals surface area contributed by atoms with Gasteiger partial charge in [0.1, 0.15) is 11.6 Å². The molecule has 2 aromatic carbocycles. The van der Waals surface area contributed by atoms with Gasteiger partial charge in [-0.1, -0.05) is 36.4 Å². The molecule has 0 aliphatic rings. The molecule has 1 heterocycles. The molecule has 0 saturated heterocycles. The molecule has 0 fully saturated rings. The van der Waals surface area contributed by atoms with Gasteiger partial charge in [0.05, 0.1) is 0 Å². The van der Waals surface area contributed by atoms with Gasteiger partial charge < -0.3 is 10.1 Å². The normalized spacial score (nSPS) is 10.4. The van der Waals surface area contributed by atoms with Gasteiger partial charge in [0.15, 0.2) is 6.61 Å². The first-order valence-electron chi connectivity index (χ1n) is 7.05. The number of nitrogens with zero attached hydrogens (tertiary/aromatic N) is 1. The Morgan fingerprint density at radius 1 is 1.09 bits per heavy atom. The van der Waals surface area contributed by atoms with Gasteiger partial charge in [-0.25, -0.2) is 4.98 Å². The maximum absolute atomic E-state index is 11.9. The number of carbonyl (C=O) groups is 1. The van der Waals surface area contributed by atoms with Crippen LogP contribution in [0.2, 0.25) is 0 Å². The number of aryl methyl sites for hydroxylation is 1. The van der Waals surface area contributed by atoms with E-state index in [-0.39, 0.29) is 12.5 Å². The Bertz CT molecular complexity index is 815. The molecule has 1 aromatic heterocycles. The second-order valence-electron chi connectivity index (χ2n) is 5.01. The molecule has 3 aromatic rings. The Kier molecular flexibility index (Phi) is 4.01. The van der Waals surface area contributed by atoms with Crippen LogP contribution in [0.3, 0.4) is 0 Å². The number of fused-ring (bicyclic) bond motifs is 1. The van der Waals surface area contributed by atoms with Crippen molar-refractivity contribution in [2.75, 3.05) is 11.9 Å². The number of rotatable bonds is 4. The molecule has 4 nitrogen and oxygen atoms in total. The van der Waals surface area contributed by atoms with Gasteiger partial charge in [0.25, 0.3) is 5.91 Å². The molecule has 0 bridgehead atoms. The Balaban J connectivity index is 1.63. The van der Waals surface area contributed by atoms with Crippen LogP contribution in [-0.4, -0.2) is 17.5 Å². The minimum absolute atomic E-state index is 0.0473. The number of pyridine rings is 1. The number of ether oxygens (including phenoxy) is 1. The van der Waals surface area contributed by atoms with Crippen molar-refractivity contribution in [2.24, 2.45) is 0 Å². The van der Waals surface area contributed by atoms with E-state index in [1.807, 2.05) is 61.5 Å². The average molecular weight is 292 g/mol. The standard InChI is InChI=1S/C18H16N2O2/c1-13-5-4-10-19-18(13)20-17(21)12-22-16-9-8-14-6-2-3-7-15(14)11-16/h2-11H,12H2,1H3,(H,19,20,21). The van der Waals surface area contributed by atoms with Crippen molar-refractivity contribution in [3.05, 3.63) is 66.4 Å². The van der Waals surface area contributed by atoms with E-state index in [1.54, 1.807) is 6.20 Å². The van der Waals surface area contributed by atoms with Gasteiger partial charge in [0, 0.05) is 6.20 Å². The van der Waals surface area contributed by atoms with Crippen molar-refractivity contribution in [1.82, 2.24) is 4.98 Å². The molecular weight excluding hydrogens is 276 g/mol. The molecule has 1 amide bonds. The summed E-state index contributed by atoms with van der Waals surface area (Å²) in [4.78, 5) is 16.1. The Morgan fingerprint density at radius 3 is 2.73 bits per heavy atom. The van der Waals surface area contributed by atoms with E-state index in [4.69, 9.17) is 4.74 Å². The highest BCUT2D eigenvalue weighted by molar-refractivity contribution is 5.91. The van der Waals surface area contributed by atoms with Crippen LogP contribution >= 0.6 is 0 Å². The second-order valence-corrected chi connectivity index (χ2v) is 5.01. The molecular formula is C18H16N2O2. The second kappa shape index (κ2) is 6.26. The highest BCUT2D eigenvalue weighted by Crippen LogP contribution is 2.20. The fourth-order valence-electron chi connectivity index (χ4n) is 2.19. The number of hydrogen-bond acceptors (Lipinski definition) is 3. The summed E-state index contributed by atoms with van der Waals surface area (Å²) in [6.07, 6.45) is 1.65. The zero-order valence-corrected chi connectivity index (χ0v) is 12.2. The van der Waals surface area contributed by atoms with E-state index in [1.165, 1.54) is 0 Å². The fourth-order valence-corrected chi connectivity index (χ4v) is 2.19. The van der Waals surface area contributed by atoms with E-state index in [9.17, 15) is 4.79 Å². The van der Waals surface area contributed by atoms with Gasteiger partial charge >= 0.3 is 0 Å². The van der Waals surface area contributed by atoms with Crippen LogP contribution in [0.15, 0.2) is 60.8 Å². The minimum atomic E-state index is -0.227. The summed E-state index contributed by atoms with van der Waals surface area (Å²) in [6.45, 7) is 1.85. The first kappa shape index (κ1) is 14.1. The molecule has 0 spiro atoms. The number of benzene rings is 2. The van der Waals surface area contributed by atoms with Gasteiger partial charge in [-0.15, -0.1) is 0 Å². The Morgan fingerprint density at radius 2 is 1.91 bits per heavy atom. The molecule has 22 heavy (non-hydrogen) atoms. The van der Waals surface area contributed by atoms with E-state index in [0.717, 1.165) is 16.3 Å². The third kappa shape index (κ3) is 3.23. The van der Waals surface area contributed by atoms with Gasteiger partial charge in [-0.05, 0) is 41.5 Å².